The van der Waals surface area contributed by atoms with Crippen molar-refractivity contribution >= 4 is 11.6 Å². The fourth-order valence-corrected chi connectivity index (χ4v) is 2.69. The highest BCUT2D eigenvalue weighted by molar-refractivity contribution is 5.85. The van der Waals surface area contributed by atoms with Crippen LogP contribution in [0.25, 0.3) is 0 Å². The van der Waals surface area contributed by atoms with Crippen LogP contribution in [-0.4, -0.2) is 35.1 Å². The fraction of sp³-hybridized carbons (Fsp3) is 0.529. The summed E-state index contributed by atoms with van der Waals surface area (Å²) in [5.41, 5.74) is 0.312. The van der Waals surface area contributed by atoms with Crippen molar-refractivity contribution in [3.05, 3.63) is 30.1 Å². The lowest BCUT2D eigenvalue weighted by Gasteiger charge is -2.38. The Bertz CT molecular complexity index is 586. The van der Waals surface area contributed by atoms with E-state index in [0.717, 1.165) is 19.3 Å². The molecule has 1 aliphatic heterocycles. The fourth-order valence-electron chi connectivity index (χ4n) is 2.69. The lowest BCUT2D eigenvalue weighted by Crippen LogP contribution is -2.54. The molecule has 1 heterocycles. The third kappa shape index (κ3) is 3.92. The van der Waals surface area contributed by atoms with Crippen LogP contribution in [0.15, 0.2) is 24.3 Å². The SMILES string of the molecule is CCC(C)C(Nc1ccccc1F)C(=O)N1CCCCN1C#N. The van der Waals surface area contributed by atoms with Crippen molar-refractivity contribution in [1.29, 1.82) is 5.26 Å². The Kier molecular flexibility index (Phi) is 5.80. The van der Waals surface area contributed by atoms with Crippen LogP contribution < -0.4 is 5.32 Å². The summed E-state index contributed by atoms with van der Waals surface area (Å²) in [7, 11) is 0. The van der Waals surface area contributed by atoms with E-state index < -0.39 is 6.04 Å². The number of nitrogens with one attached hydrogen (secondary N) is 1. The molecular formula is C17H23FN4O. The molecule has 6 heteroatoms. The minimum Gasteiger partial charge on any atom is -0.371 e. The van der Waals surface area contributed by atoms with Crippen LogP contribution in [0.4, 0.5) is 10.1 Å². The summed E-state index contributed by atoms with van der Waals surface area (Å²) in [6.45, 7) is 5.02. The number of hydrogen-bond donors (Lipinski definition) is 1. The van der Waals surface area contributed by atoms with Crippen molar-refractivity contribution < 1.29 is 9.18 Å². The maximum absolute atomic E-state index is 13.9. The third-order valence-electron chi connectivity index (χ3n) is 4.31. The number of halogens is 1. The first kappa shape index (κ1) is 17.1. The number of rotatable bonds is 5. The summed E-state index contributed by atoms with van der Waals surface area (Å²) >= 11 is 0. The van der Waals surface area contributed by atoms with Crippen LogP contribution in [0.2, 0.25) is 0 Å². The van der Waals surface area contributed by atoms with Gasteiger partial charge in [0.05, 0.1) is 12.2 Å². The monoisotopic (exact) mass is 318 g/mol. The van der Waals surface area contributed by atoms with Gasteiger partial charge in [-0.25, -0.2) is 14.4 Å². The zero-order valence-electron chi connectivity index (χ0n) is 13.6. The van der Waals surface area contributed by atoms with E-state index in [1.807, 2.05) is 13.8 Å². The smallest absolute Gasteiger partial charge is 0.264 e. The third-order valence-corrected chi connectivity index (χ3v) is 4.31. The molecule has 1 aromatic rings. The number of carbonyl (C=O) groups excluding carboxylic acids is 1. The van der Waals surface area contributed by atoms with Gasteiger partial charge in [0.15, 0.2) is 6.19 Å². The largest absolute Gasteiger partial charge is 0.371 e. The highest BCUT2D eigenvalue weighted by Crippen LogP contribution is 2.22. The summed E-state index contributed by atoms with van der Waals surface area (Å²) in [4.78, 5) is 12.9. The van der Waals surface area contributed by atoms with Crippen LogP contribution in [0.1, 0.15) is 33.1 Å². The van der Waals surface area contributed by atoms with Crippen molar-refractivity contribution in [3.63, 3.8) is 0 Å². The standard InChI is InChI=1S/C17H23FN4O/c1-3-13(2)16(20-15-9-5-4-8-14(15)18)17(23)22-11-7-6-10-21(22)12-19/h4-5,8-9,13,16,20H,3,6-7,10-11H2,1-2H3. The van der Waals surface area contributed by atoms with E-state index in [-0.39, 0.29) is 17.6 Å². The van der Waals surface area contributed by atoms with Gasteiger partial charge in [-0.05, 0) is 30.9 Å². The second kappa shape index (κ2) is 7.82. The second-order valence-electron chi connectivity index (χ2n) is 5.88. The molecule has 1 aliphatic rings. The molecule has 1 fully saturated rings. The van der Waals surface area contributed by atoms with E-state index in [4.69, 9.17) is 0 Å². The first-order valence-corrected chi connectivity index (χ1v) is 8.08. The summed E-state index contributed by atoms with van der Waals surface area (Å²) in [6, 6.07) is 5.76. The van der Waals surface area contributed by atoms with E-state index in [1.54, 1.807) is 18.2 Å². The molecule has 1 N–H and O–H groups in total. The topological polar surface area (TPSA) is 59.4 Å². The van der Waals surface area contributed by atoms with Crippen LogP contribution in [-0.2, 0) is 4.79 Å². The maximum atomic E-state index is 13.9. The Morgan fingerprint density at radius 3 is 2.74 bits per heavy atom. The average Bonchev–Trinajstić information content (AvgIpc) is 2.59. The Hall–Kier alpha value is -2.29. The van der Waals surface area contributed by atoms with Crippen LogP contribution in [0.5, 0.6) is 0 Å². The van der Waals surface area contributed by atoms with E-state index in [1.165, 1.54) is 16.1 Å². The number of carbonyl (C=O) groups is 1. The van der Waals surface area contributed by atoms with Gasteiger partial charge in [-0.15, -0.1) is 0 Å². The van der Waals surface area contributed by atoms with Gasteiger partial charge in [-0.1, -0.05) is 32.4 Å². The van der Waals surface area contributed by atoms with Gasteiger partial charge < -0.3 is 5.32 Å². The molecule has 1 saturated heterocycles. The minimum atomic E-state index is -0.564. The van der Waals surface area contributed by atoms with E-state index in [2.05, 4.69) is 11.5 Å². The van der Waals surface area contributed by atoms with Crippen molar-refractivity contribution in [3.8, 4) is 6.19 Å². The first-order chi connectivity index (χ1) is 11.1. The number of hydrogen-bond acceptors (Lipinski definition) is 4. The molecule has 1 aromatic carbocycles. The second-order valence-corrected chi connectivity index (χ2v) is 5.88. The average molecular weight is 318 g/mol. The summed E-state index contributed by atoms with van der Waals surface area (Å²) < 4.78 is 13.9. The lowest BCUT2D eigenvalue weighted by molar-refractivity contribution is -0.148. The van der Waals surface area contributed by atoms with E-state index in [0.29, 0.717) is 18.8 Å². The molecule has 2 rings (SSSR count). The number of benzene rings is 1. The number of nitriles is 1. The van der Waals surface area contributed by atoms with Gasteiger partial charge in [-0.3, -0.25) is 4.79 Å². The summed E-state index contributed by atoms with van der Waals surface area (Å²) in [5, 5.41) is 15.2. The number of para-hydroxylation sites is 1. The van der Waals surface area contributed by atoms with Gasteiger partial charge >= 0.3 is 0 Å². The van der Waals surface area contributed by atoms with Gasteiger partial charge in [0, 0.05) is 6.54 Å². The molecule has 1 amide bonds. The number of nitrogens with zero attached hydrogens (tertiary/aromatic N) is 3. The highest BCUT2D eigenvalue weighted by Gasteiger charge is 2.33. The molecule has 124 valence electrons. The summed E-state index contributed by atoms with van der Waals surface area (Å²) in [5.74, 6) is -0.544. The number of hydrazine groups is 1. The lowest BCUT2D eigenvalue weighted by atomic mass is 9.97. The van der Waals surface area contributed by atoms with Gasteiger partial charge in [-0.2, -0.15) is 5.26 Å². The zero-order valence-corrected chi connectivity index (χ0v) is 13.6. The quantitative estimate of drug-likeness (QED) is 0.848. The Morgan fingerprint density at radius 2 is 2.09 bits per heavy atom. The number of amides is 1. The number of anilines is 1. The molecule has 0 aromatic heterocycles. The molecule has 2 unspecified atom stereocenters. The van der Waals surface area contributed by atoms with Crippen molar-refractivity contribution in [2.24, 2.45) is 5.92 Å². The van der Waals surface area contributed by atoms with E-state index >= 15 is 0 Å². The van der Waals surface area contributed by atoms with Crippen molar-refractivity contribution in [1.82, 2.24) is 10.0 Å². The molecule has 0 bridgehead atoms. The van der Waals surface area contributed by atoms with E-state index in [9.17, 15) is 14.4 Å². The van der Waals surface area contributed by atoms with Gasteiger partial charge in [0.1, 0.15) is 11.9 Å². The molecule has 5 nitrogen and oxygen atoms in total. The highest BCUT2D eigenvalue weighted by atomic mass is 19.1. The molecule has 0 spiro atoms. The summed E-state index contributed by atoms with van der Waals surface area (Å²) in [6.07, 6.45) is 4.60. The molecule has 23 heavy (non-hydrogen) atoms. The van der Waals surface area contributed by atoms with Crippen LogP contribution in [0.3, 0.4) is 0 Å². The molecular weight excluding hydrogens is 295 g/mol. The Labute approximate surface area is 136 Å². The van der Waals surface area contributed by atoms with Gasteiger partial charge in [0.25, 0.3) is 5.91 Å². The minimum absolute atomic E-state index is 0.0181. The van der Waals surface area contributed by atoms with Gasteiger partial charge in [0.2, 0.25) is 0 Å². The molecule has 0 aliphatic carbocycles. The van der Waals surface area contributed by atoms with Crippen molar-refractivity contribution in [2.45, 2.75) is 39.2 Å². The van der Waals surface area contributed by atoms with Crippen LogP contribution >= 0.6 is 0 Å². The normalized spacial score (nSPS) is 17.3. The van der Waals surface area contributed by atoms with Crippen LogP contribution in [0, 0.1) is 23.2 Å². The molecule has 0 radical (unpaired) electrons. The Balaban J connectivity index is 2.22. The Morgan fingerprint density at radius 1 is 1.39 bits per heavy atom. The molecule has 2 atom stereocenters. The predicted molar refractivity (Wildman–Crippen MR) is 86.5 cm³/mol. The zero-order chi connectivity index (χ0) is 16.8. The predicted octanol–water partition coefficient (Wildman–Crippen LogP) is 2.97. The maximum Gasteiger partial charge on any atom is 0.264 e. The molecule has 0 saturated carbocycles. The first-order valence-electron chi connectivity index (χ1n) is 8.08. The van der Waals surface area contributed by atoms with Crippen molar-refractivity contribution in [2.75, 3.05) is 18.4 Å².